The maximum Gasteiger partial charge on any atom is 0.257 e. The Morgan fingerprint density at radius 2 is 1.78 bits per heavy atom. The number of carbonyl (C=O) groups excluding carboxylic acids is 1. The maximum absolute atomic E-state index is 12.6. The van der Waals surface area contributed by atoms with Crippen molar-refractivity contribution in [2.45, 2.75) is 46.5 Å². The van der Waals surface area contributed by atoms with Crippen LogP contribution in [0.3, 0.4) is 0 Å². The summed E-state index contributed by atoms with van der Waals surface area (Å²) in [5.74, 6) is 0.581. The summed E-state index contributed by atoms with van der Waals surface area (Å²) in [5, 5.41) is 13.1. The zero-order valence-corrected chi connectivity index (χ0v) is 19.4. The topological polar surface area (TPSA) is 85.1 Å². The largest absolute Gasteiger partial charge is 0.456 e. The van der Waals surface area contributed by atoms with Crippen LogP contribution < -0.4 is 10.7 Å². The van der Waals surface area contributed by atoms with E-state index in [1.165, 1.54) is 17.4 Å². The molecule has 2 heterocycles. The van der Waals surface area contributed by atoms with Gasteiger partial charge in [0, 0.05) is 23.1 Å². The Bertz CT molecular complexity index is 1340. The van der Waals surface area contributed by atoms with E-state index in [0.717, 1.165) is 34.5 Å². The summed E-state index contributed by atoms with van der Waals surface area (Å²) < 4.78 is 6.04. The number of fused-ring (bicyclic) bond motifs is 1. The normalized spacial score (nSPS) is 11.3. The minimum atomic E-state index is -0.255. The minimum absolute atomic E-state index is 0.0839. The van der Waals surface area contributed by atoms with Crippen LogP contribution in [0.15, 0.2) is 51.7 Å². The number of aryl methyl sites for hydroxylation is 2. The summed E-state index contributed by atoms with van der Waals surface area (Å²) >= 11 is 1.41. The zero-order valence-electron chi connectivity index (χ0n) is 18.6. The van der Waals surface area contributed by atoms with Crippen molar-refractivity contribution in [2.75, 3.05) is 5.32 Å². The van der Waals surface area contributed by atoms with Crippen LogP contribution in [0.5, 0.6) is 0 Å². The van der Waals surface area contributed by atoms with E-state index in [-0.39, 0.29) is 11.3 Å². The van der Waals surface area contributed by atoms with Crippen LogP contribution in [0.4, 0.5) is 5.13 Å². The number of aromatic nitrogens is 2. The molecule has 0 atom stereocenters. The average Bonchev–Trinajstić information content (AvgIpc) is 3.23. The van der Waals surface area contributed by atoms with Crippen LogP contribution in [0.1, 0.15) is 59.1 Å². The number of hydrogen-bond acceptors (Lipinski definition) is 6. The third-order valence-corrected chi connectivity index (χ3v) is 6.59. The first-order chi connectivity index (χ1) is 15.4. The molecule has 1 amide bonds. The van der Waals surface area contributed by atoms with E-state index < -0.39 is 0 Å². The third kappa shape index (κ3) is 4.34. The molecule has 0 aliphatic rings. The monoisotopic (exact) mass is 447 g/mol. The molecule has 0 spiro atoms. The third-order valence-electron chi connectivity index (χ3n) is 5.59. The van der Waals surface area contributed by atoms with Crippen molar-refractivity contribution >= 4 is 33.3 Å². The molecule has 2 aromatic heterocycles. The molecule has 4 aromatic rings. The number of nitrogens with zero attached hydrogens (tertiary/aromatic N) is 2. The van der Waals surface area contributed by atoms with Crippen molar-refractivity contribution in [3.63, 3.8) is 0 Å². The molecule has 4 rings (SSSR count). The van der Waals surface area contributed by atoms with E-state index in [9.17, 15) is 9.59 Å². The van der Waals surface area contributed by atoms with Gasteiger partial charge in [0.2, 0.25) is 5.13 Å². The van der Waals surface area contributed by atoms with Crippen LogP contribution in [0.2, 0.25) is 0 Å². The Morgan fingerprint density at radius 1 is 1.06 bits per heavy atom. The van der Waals surface area contributed by atoms with E-state index in [0.29, 0.717) is 33.3 Å². The van der Waals surface area contributed by atoms with Crippen molar-refractivity contribution in [1.29, 1.82) is 0 Å². The molecule has 1 N–H and O–H groups in total. The Labute approximate surface area is 190 Å². The highest BCUT2D eigenvalue weighted by molar-refractivity contribution is 7.15. The average molecular weight is 448 g/mol. The lowest BCUT2D eigenvalue weighted by Crippen LogP contribution is -2.11. The molecule has 6 nitrogen and oxygen atoms in total. The molecule has 32 heavy (non-hydrogen) atoms. The Kier molecular flexibility index (Phi) is 6.19. The fraction of sp³-hybridized carbons (Fsp3) is 0.280. The van der Waals surface area contributed by atoms with E-state index in [1.54, 1.807) is 24.3 Å². The van der Waals surface area contributed by atoms with Gasteiger partial charge >= 0.3 is 0 Å². The van der Waals surface area contributed by atoms with Crippen molar-refractivity contribution in [3.8, 4) is 11.3 Å². The molecule has 2 aromatic carbocycles. The van der Waals surface area contributed by atoms with Gasteiger partial charge in [0.1, 0.15) is 16.4 Å². The van der Waals surface area contributed by atoms with Crippen molar-refractivity contribution in [3.05, 3.63) is 74.4 Å². The second kappa shape index (κ2) is 9.04. The van der Waals surface area contributed by atoms with Crippen molar-refractivity contribution in [1.82, 2.24) is 10.2 Å². The van der Waals surface area contributed by atoms with Crippen LogP contribution >= 0.6 is 11.3 Å². The molecule has 0 aliphatic heterocycles. The minimum Gasteiger partial charge on any atom is -0.456 e. The van der Waals surface area contributed by atoms with Gasteiger partial charge in [-0.15, -0.1) is 10.2 Å². The summed E-state index contributed by atoms with van der Waals surface area (Å²) in [7, 11) is 0. The quantitative estimate of drug-likeness (QED) is 0.387. The van der Waals surface area contributed by atoms with Crippen LogP contribution in [0, 0.1) is 13.8 Å². The summed E-state index contributed by atoms with van der Waals surface area (Å²) in [6.45, 7) is 8.13. The number of amides is 1. The van der Waals surface area contributed by atoms with Crippen molar-refractivity contribution in [2.24, 2.45) is 0 Å². The van der Waals surface area contributed by atoms with Gasteiger partial charge in [0.05, 0.1) is 5.39 Å². The molecule has 0 unspecified atom stereocenters. The number of anilines is 1. The first-order valence-electron chi connectivity index (χ1n) is 10.7. The lowest BCUT2D eigenvalue weighted by molar-refractivity contribution is 0.102. The Morgan fingerprint density at radius 3 is 2.47 bits per heavy atom. The van der Waals surface area contributed by atoms with E-state index in [1.807, 2.05) is 26.0 Å². The zero-order chi connectivity index (χ0) is 22.8. The number of benzene rings is 2. The second-order valence-corrected chi connectivity index (χ2v) is 8.93. The molecule has 0 aliphatic carbocycles. The number of nitrogens with one attached hydrogen (secondary N) is 1. The highest BCUT2D eigenvalue weighted by Crippen LogP contribution is 2.29. The molecule has 0 saturated heterocycles. The molecule has 0 fully saturated rings. The molecular formula is C25H25N3O3S. The fourth-order valence-corrected chi connectivity index (χ4v) is 4.80. The second-order valence-electron chi connectivity index (χ2n) is 7.92. The van der Waals surface area contributed by atoms with Gasteiger partial charge in [-0.1, -0.05) is 43.4 Å². The first kappa shape index (κ1) is 21.9. The lowest BCUT2D eigenvalue weighted by Gasteiger charge is -2.07. The lowest BCUT2D eigenvalue weighted by atomic mass is 10.1. The molecule has 7 heteroatoms. The number of hydrogen-bond donors (Lipinski definition) is 1. The highest BCUT2D eigenvalue weighted by Gasteiger charge is 2.16. The number of carbonyl (C=O) groups is 1. The fourth-order valence-electron chi connectivity index (χ4n) is 3.79. The predicted molar refractivity (Wildman–Crippen MR) is 129 cm³/mol. The summed E-state index contributed by atoms with van der Waals surface area (Å²) in [4.78, 5) is 25.3. The van der Waals surface area contributed by atoms with Gasteiger partial charge in [-0.25, -0.2) is 0 Å². The SMILES string of the molecule is CCC(CC)c1nnc(NC(=O)c2ccc(-c3cc(=O)c4cc(C)cc(C)c4o3)cc2)s1. The van der Waals surface area contributed by atoms with Gasteiger partial charge in [-0.3, -0.25) is 14.9 Å². The molecule has 164 valence electrons. The Balaban J connectivity index is 1.56. The maximum atomic E-state index is 12.6. The summed E-state index contributed by atoms with van der Waals surface area (Å²) in [6, 6.07) is 12.3. The van der Waals surface area contributed by atoms with Gasteiger partial charge in [-0.2, -0.15) is 0 Å². The molecular weight excluding hydrogens is 422 g/mol. The van der Waals surface area contributed by atoms with Gasteiger partial charge < -0.3 is 4.42 Å². The van der Waals surface area contributed by atoms with Gasteiger partial charge in [-0.05, 0) is 56.0 Å². The van der Waals surface area contributed by atoms with Crippen LogP contribution in [0.25, 0.3) is 22.3 Å². The van der Waals surface area contributed by atoms with Crippen molar-refractivity contribution < 1.29 is 9.21 Å². The van der Waals surface area contributed by atoms with E-state index >= 15 is 0 Å². The van der Waals surface area contributed by atoms with E-state index in [2.05, 4.69) is 29.4 Å². The molecule has 0 radical (unpaired) electrons. The Hall–Kier alpha value is -3.32. The summed E-state index contributed by atoms with van der Waals surface area (Å²) in [5.41, 5.74) is 3.66. The van der Waals surface area contributed by atoms with Crippen LogP contribution in [-0.2, 0) is 0 Å². The predicted octanol–water partition coefficient (Wildman–Crippen LogP) is 6.08. The van der Waals surface area contributed by atoms with Gasteiger partial charge in [0.25, 0.3) is 5.91 Å². The van der Waals surface area contributed by atoms with Crippen LogP contribution in [-0.4, -0.2) is 16.1 Å². The number of rotatable bonds is 6. The standard InChI is InChI=1S/C25H25N3O3S/c1-5-16(6-2)24-27-28-25(32-24)26-23(30)18-9-7-17(8-10-18)21-13-20(29)19-12-14(3)11-15(4)22(19)31-21/h7-13,16H,5-6H2,1-4H3,(H,26,28,30). The van der Waals surface area contributed by atoms with Gasteiger partial charge in [0.15, 0.2) is 5.43 Å². The smallest absolute Gasteiger partial charge is 0.257 e. The molecule has 0 saturated carbocycles. The van der Waals surface area contributed by atoms with E-state index in [4.69, 9.17) is 4.42 Å². The summed E-state index contributed by atoms with van der Waals surface area (Å²) in [6.07, 6.45) is 1.98. The first-order valence-corrected chi connectivity index (χ1v) is 11.5. The highest BCUT2D eigenvalue weighted by atomic mass is 32.1. The molecule has 0 bridgehead atoms.